The summed E-state index contributed by atoms with van der Waals surface area (Å²) in [6.07, 6.45) is 1.26. The van der Waals surface area contributed by atoms with Crippen molar-refractivity contribution in [3.8, 4) is 11.1 Å². The van der Waals surface area contributed by atoms with Gasteiger partial charge in [-0.1, -0.05) is 68.8 Å². The van der Waals surface area contributed by atoms with Gasteiger partial charge in [-0.15, -0.1) is 0 Å². The number of aliphatic carboxylic acids is 1. The summed E-state index contributed by atoms with van der Waals surface area (Å²) in [6.45, 7) is 4.72. The summed E-state index contributed by atoms with van der Waals surface area (Å²) in [5, 5.41) is 12.1. The first-order chi connectivity index (χ1) is 16.4. The topological polar surface area (TPSA) is 95.9 Å². The monoisotopic (exact) mass is 464 g/mol. The van der Waals surface area contributed by atoms with E-state index in [1.165, 1.54) is 0 Å². The molecule has 180 valence electrons. The average molecular weight is 465 g/mol. The Morgan fingerprint density at radius 2 is 1.71 bits per heavy atom. The van der Waals surface area contributed by atoms with Gasteiger partial charge in [0.15, 0.2) is 0 Å². The second-order valence-corrected chi connectivity index (χ2v) is 9.29. The molecule has 2 amide bonds. The number of carboxylic acids is 1. The van der Waals surface area contributed by atoms with Gasteiger partial charge in [0.1, 0.15) is 12.6 Å². The lowest BCUT2D eigenvalue weighted by atomic mass is 9.94. The molecule has 2 aromatic carbocycles. The highest BCUT2D eigenvalue weighted by Crippen LogP contribution is 2.44. The number of hydrogen-bond donors (Lipinski definition) is 2. The molecule has 1 aliphatic heterocycles. The molecular weight excluding hydrogens is 432 g/mol. The smallest absolute Gasteiger partial charge is 0.407 e. The highest BCUT2D eigenvalue weighted by Gasteiger charge is 2.35. The molecule has 34 heavy (non-hydrogen) atoms. The SMILES string of the molecule is CCC(C)C(NC(=O)OCC1c2ccccc2-c2ccccc21)C(=O)N1CCC[C@@H](C(=O)O)C1. The fourth-order valence-corrected chi connectivity index (χ4v) is 5.03. The Morgan fingerprint density at radius 1 is 1.09 bits per heavy atom. The number of carbonyl (C=O) groups is 3. The largest absolute Gasteiger partial charge is 0.481 e. The summed E-state index contributed by atoms with van der Waals surface area (Å²) in [6, 6.07) is 15.5. The summed E-state index contributed by atoms with van der Waals surface area (Å²) >= 11 is 0. The number of amides is 2. The fraction of sp³-hybridized carbons (Fsp3) is 0.444. The summed E-state index contributed by atoms with van der Waals surface area (Å²) in [4.78, 5) is 39.1. The maximum Gasteiger partial charge on any atom is 0.407 e. The predicted octanol–water partition coefficient (Wildman–Crippen LogP) is 4.26. The highest BCUT2D eigenvalue weighted by molar-refractivity contribution is 5.87. The van der Waals surface area contributed by atoms with Crippen molar-refractivity contribution in [2.75, 3.05) is 19.7 Å². The van der Waals surface area contributed by atoms with Crippen LogP contribution in [0.1, 0.15) is 50.2 Å². The maximum absolute atomic E-state index is 13.3. The van der Waals surface area contributed by atoms with E-state index in [2.05, 4.69) is 29.6 Å². The summed E-state index contributed by atoms with van der Waals surface area (Å²) < 4.78 is 5.65. The Hall–Kier alpha value is -3.35. The van der Waals surface area contributed by atoms with Crippen LogP contribution in [0.5, 0.6) is 0 Å². The first kappa shape index (κ1) is 23.8. The van der Waals surface area contributed by atoms with Crippen molar-refractivity contribution >= 4 is 18.0 Å². The Kier molecular flexibility index (Phi) is 7.20. The number of ether oxygens (including phenoxy) is 1. The molecule has 0 saturated carbocycles. The number of benzene rings is 2. The van der Waals surface area contributed by atoms with Crippen LogP contribution in [0.25, 0.3) is 11.1 Å². The third-order valence-corrected chi connectivity index (χ3v) is 7.18. The Bertz CT molecular complexity index is 1020. The van der Waals surface area contributed by atoms with Crippen molar-refractivity contribution in [2.24, 2.45) is 11.8 Å². The zero-order valence-electron chi connectivity index (χ0n) is 19.7. The van der Waals surface area contributed by atoms with Gasteiger partial charge in [0.25, 0.3) is 0 Å². The predicted molar refractivity (Wildman–Crippen MR) is 128 cm³/mol. The van der Waals surface area contributed by atoms with Gasteiger partial charge in [-0.3, -0.25) is 9.59 Å². The van der Waals surface area contributed by atoms with Gasteiger partial charge in [0.05, 0.1) is 5.92 Å². The van der Waals surface area contributed by atoms with Crippen LogP contribution >= 0.6 is 0 Å². The molecule has 2 N–H and O–H groups in total. The lowest BCUT2D eigenvalue weighted by Gasteiger charge is -2.35. The lowest BCUT2D eigenvalue weighted by molar-refractivity contribution is -0.146. The number of rotatable bonds is 7. The molecule has 0 bridgehead atoms. The molecule has 4 rings (SSSR count). The lowest BCUT2D eigenvalue weighted by Crippen LogP contribution is -2.54. The first-order valence-electron chi connectivity index (χ1n) is 12.0. The minimum atomic E-state index is -0.887. The van der Waals surface area contributed by atoms with Gasteiger partial charge in [0.2, 0.25) is 5.91 Å². The van der Waals surface area contributed by atoms with Crippen molar-refractivity contribution < 1.29 is 24.2 Å². The quantitative estimate of drug-likeness (QED) is 0.638. The van der Waals surface area contributed by atoms with E-state index in [1.54, 1.807) is 4.90 Å². The van der Waals surface area contributed by atoms with Crippen LogP contribution in [0.2, 0.25) is 0 Å². The third-order valence-electron chi connectivity index (χ3n) is 7.18. The van der Waals surface area contributed by atoms with Gasteiger partial charge >= 0.3 is 12.1 Å². The molecule has 2 unspecified atom stereocenters. The van der Waals surface area contributed by atoms with Gasteiger partial charge in [0, 0.05) is 19.0 Å². The van der Waals surface area contributed by atoms with E-state index < -0.39 is 24.0 Å². The van der Waals surface area contributed by atoms with Crippen LogP contribution in [0, 0.1) is 11.8 Å². The fourth-order valence-electron chi connectivity index (χ4n) is 5.03. The molecule has 3 atom stereocenters. The van der Waals surface area contributed by atoms with Crippen molar-refractivity contribution in [1.29, 1.82) is 0 Å². The van der Waals surface area contributed by atoms with Crippen LogP contribution in [0.4, 0.5) is 4.79 Å². The van der Waals surface area contributed by atoms with Crippen molar-refractivity contribution in [1.82, 2.24) is 10.2 Å². The molecule has 1 aliphatic carbocycles. The molecule has 7 nitrogen and oxygen atoms in total. The summed E-state index contributed by atoms with van der Waals surface area (Å²) in [7, 11) is 0. The number of hydrogen-bond acceptors (Lipinski definition) is 4. The number of nitrogens with zero attached hydrogens (tertiary/aromatic N) is 1. The summed E-state index contributed by atoms with van der Waals surface area (Å²) in [5.74, 6) is -1.87. The minimum Gasteiger partial charge on any atom is -0.481 e. The molecule has 2 aromatic rings. The van der Waals surface area contributed by atoms with Gasteiger partial charge in [-0.25, -0.2) is 4.79 Å². The van der Waals surface area contributed by atoms with E-state index in [1.807, 2.05) is 38.1 Å². The second kappa shape index (κ2) is 10.3. The van der Waals surface area contributed by atoms with E-state index in [9.17, 15) is 19.5 Å². The number of piperidine rings is 1. The standard InChI is InChI=1S/C27H32N2O5/c1-3-17(2)24(25(30)29-14-8-9-18(15-29)26(31)32)28-27(33)34-16-23-21-12-6-4-10-19(21)20-11-5-7-13-22(20)23/h4-7,10-13,17-18,23-24H,3,8-9,14-16H2,1-2H3,(H,28,33)(H,31,32)/t17?,18-,24?/m1/s1. The first-order valence-corrected chi connectivity index (χ1v) is 12.0. The summed E-state index contributed by atoms with van der Waals surface area (Å²) in [5.41, 5.74) is 4.55. The number of alkyl carbamates (subject to hydrolysis) is 1. The number of nitrogens with one attached hydrogen (secondary N) is 1. The second-order valence-electron chi connectivity index (χ2n) is 9.29. The molecular formula is C27H32N2O5. The van der Waals surface area contributed by atoms with Gasteiger partial charge in [-0.2, -0.15) is 0 Å². The number of fused-ring (bicyclic) bond motifs is 3. The molecule has 2 aliphatic rings. The van der Waals surface area contributed by atoms with Gasteiger partial charge < -0.3 is 20.1 Å². The Balaban J connectivity index is 1.43. The molecule has 7 heteroatoms. The number of likely N-dealkylation sites (tertiary alicyclic amines) is 1. The van der Waals surface area contributed by atoms with Crippen molar-refractivity contribution in [3.05, 3.63) is 59.7 Å². The molecule has 0 radical (unpaired) electrons. The molecule has 1 heterocycles. The van der Waals surface area contributed by atoms with Crippen LogP contribution in [0.3, 0.4) is 0 Å². The highest BCUT2D eigenvalue weighted by atomic mass is 16.5. The Morgan fingerprint density at radius 3 is 2.29 bits per heavy atom. The Labute approximate surface area is 200 Å². The van der Waals surface area contributed by atoms with E-state index in [0.29, 0.717) is 25.8 Å². The number of carboxylic acid groups (broad SMARTS) is 1. The average Bonchev–Trinajstić information content (AvgIpc) is 3.19. The van der Waals surface area contributed by atoms with E-state index in [-0.39, 0.29) is 30.9 Å². The van der Waals surface area contributed by atoms with Crippen LogP contribution < -0.4 is 5.32 Å². The van der Waals surface area contributed by atoms with Crippen molar-refractivity contribution in [2.45, 2.75) is 45.1 Å². The molecule has 1 fully saturated rings. The maximum atomic E-state index is 13.3. The van der Waals surface area contributed by atoms with Crippen LogP contribution in [0.15, 0.2) is 48.5 Å². The molecule has 1 saturated heterocycles. The molecule has 0 aromatic heterocycles. The van der Waals surface area contributed by atoms with Gasteiger partial charge in [-0.05, 0) is 41.0 Å². The third kappa shape index (κ3) is 4.79. The minimum absolute atomic E-state index is 0.0608. The van der Waals surface area contributed by atoms with Crippen molar-refractivity contribution in [3.63, 3.8) is 0 Å². The zero-order chi connectivity index (χ0) is 24.2. The van der Waals surface area contributed by atoms with Crippen LogP contribution in [-0.2, 0) is 14.3 Å². The van der Waals surface area contributed by atoms with E-state index in [0.717, 1.165) is 22.3 Å². The normalized spacial score (nSPS) is 19.0. The zero-order valence-corrected chi connectivity index (χ0v) is 19.7. The van der Waals surface area contributed by atoms with E-state index >= 15 is 0 Å². The van der Waals surface area contributed by atoms with E-state index in [4.69, 9.17) is 4.74 Å². The van der Waals surface area contributed by atoms with Crippen LogP contribution in [-0.4, -0.2) is 53.7 Å². The number of carbonyl (C=O) groups excluding carboxylic acids is 2. The molecule has 0 spiro atoms.